The van der Waals surface area contributed by atoms with E-state index in [1.165, 1.54) is 22.0 Å². The van der Waals surface area contributed by atoms with Crippen molar-refractivity contribution >= 4 is 10.8 Å². The van der Waals surface area contributed by atoms with E-state index < -0.39 is 0 Å². The summed E-state index contributed by atoms with van der Waals surface area (Å²) < 4.78 is 1.90. The van der Waals surface area contributed by atoms with Gasteiger partial charge in [-0.15, -0.1) is 0 Å². The lowest BCUT2D eigenvalue weighted by Gasteiger charge is -2.15. The largest absolute Gasteiger partial charge is 0.305 e. The molecule has 3 nitrogen and oxygen atoms in total. The van der Waals surface area contributed by atoms with E-state index in [0.717, 1.165) is 6.54 Å². The second kappa shape index (κ2) is 5.47. The van der Waals surface area contributed by atoms with E-state index in [-0.39, 0.29) is 0 Å². The SMILES string of the molecule is CC(NCc1ccnn1C)c1ccc2ccccc2c1. The molecule has 1 N–H and O–H groups in total. The molecule has 0 spiro atoms. The molecule has 0 radical (unpaired) electrons. The Morgan fingerprint density at radius 3 is 2.65 bits per heavy atom. The molecule has 0 fully saturated rings. The standard InChI is InChI=1S/C17H19N3/c1-13(18-12-17-9-10-19-20(17)2)15-8-7-14-5-3-4-6-16(14)11-15/h3-11,13,18H,12H2,1-2H3. The van der Waals surface area contributed by atoms with E-state index >= 15 is 0 Å². The highest BCUT2D eigenvalue weighted by Crippen LogP contribution is 2.20. The number of hydrogen-bond donors (Lipinski definition) is 1. The molecule has 1 unspecified atom stereocenters. The van der Waals surface area contributed by atoms with Crippen LogP contribution >= 0.6 is 0 Å². The van der Waals surface area contributed by atoms with Crippen molar-refractivity contribution in [2.24, 2.45) is 7.05 Å². The topological polar surface area (TPSA) is 29.9 Å². The molecule has 102 valence electrons. The number of nitrogens with zero attached hydrogens (tertiary/aromatic N) is 2. The minimum atomic E-state index is 0.314. The van der Waals surface area contributed by atoms with Crippen LogP contribution in [0.1, 0.15) is 24.2 Å². The summed E-state index contributed by atoms with van der Waals surface area (Å²) in [6.45, 7) is 3.02. The van der Waals surface area contributed by atoms with Crippen LogP contribution in [-0.2, 0) is 13.6 Å². The number of aromatic nitrogens is 2. The monoisotopic (exact) mass is 265 g/mol. The minimum absolute atomic E-state index is 0.314. The summed E-state index contributed by atoms with van der Waals surface area (Å²) >= 11 is 0. The third-order valence-corrected chi connectivity index (χ3v) is 3.79. The van der Waals surface area contributed by atoms with Gasteiger partial charge in [0.15, 0.2) is 0 Å². The van der Waals surface area contributed by atoms with Gasteiger partial charge < -0.3 is 5.32 Å². The first-order valence-corrected chi connectivity index (χ1v) is 6.93. The van der Waals surface area contributed by atoms with E-state index in [1.54, 1.807) is 0 Å². The smallest absolute Gasteiger partial charge is 0.0518 e. The highest BCUT2D eigenvalue weighted by Gasteiger charge is 2.07. The zero-order valence-corrected chi connectivity index (χ0v) is 11.9. The average Bonchev–Trinajstić information content (AvgIpc) is 2.89. The lowest BCUT2D eigenvalue weighted by atomic mass is 10.0. The van der Waals surface area contributed by atoms with E-state index in [4.69, 9.17) is 0 Å². The summed E-state index contributed by atoms with van der Waals surface area (Å²) in [5.74, 6) is 0. The molecule has 1 atom stereocenters. The fourth-order valence-corrected chi connectivity index (χ4v) is 2.43. The number of rotatable bonds is 4. The summed E-state index contributed by atoms with van der Waals surface area (Å²) in [7, 11) is 1.97. The average molecular weight is 265 g/mol. The maximum absolute atomic E-state index is 4.18. The molecule has 0 bridgehead atoms. The van der Waals surface area contributed by atoms with Crippen LogP contribution in [-0.4, -0.2) is 9.78 Å². The highest BCUT2D eigenvalue weighted by atomic mass is 15.3. The highest BCUT2D eigenvalue weighted by molar-refractivity contribution is 5.83. The molecular weight excluding hydrogens is 246 g/mol. The molecule has 0 amide bonds. The molecule has 2 aromatic carbocycles. The Labute approximate surface area is 119 Å². The quantitative estimate of drug-likeness (QED) is 0.783. The summed E-state index contributed by atoms with van der Waals surface area (Å²) in [5.41, 5.74) is 2.50. The van der Waals surface area contributed by atoms with Gasteiger partial charge in [0.1, 0.15) is 0 Å². The number of fused-ring (bicyclic) bond motifs is 1. The van der Waals surface area contributed by atoms with Gasteiger partial charge in [0.05, 0.1) is 5.69 Å². The van der Waals surface area contributed by atoms with Crippen molar-refractivity contribution in [1.29, 1.82) is 0 Å². The van der Waals surface area contributed by atoms with Gasteiger partial charge in [-0.2, -0.15) is 5.10 Å². The van der Waals surface area contributed by atoms with E-state index in [9.17, 15) is 0 Å². The second-order valence-corrected chi connectivity index (χ2v) is 5.16. The molecule has 3 aromatic rings. The van der Waals surface area contributed by atoms with Crippen LogP contribution in [0.4, 0.5) is 0 Å². The lowest BCUT2D eigenvalue weighted by Crippen LogP contribution is -2.19. The van der Waals surface area contributed by atoms with Crippen LogP contribution in [0.3, 0.4) is 0 Å². The Morgan fingerprint density at radius 2 is 1.90 bits per heavy atom. The van der Waals surface area contributed by atoms with Crippen molar-refractivity contribution in [2.45, 2.75) is 19.5 Å². The fraction of sp³-hybridized carbons (Fsp3) is 0.235. The van der Waals surface area contributed by atoms with E-state index in [1.807, 2.05) is 24.0 Å². The van der Waals surface area contributed by atoms with Crippen LogP contribution < -0.4 is 5.32 Å². The van der Waals surface area contributed by atoms with Gasteiger partial charge in [0, 0.05) is 25.8 Å². The van der Waals surface area contributed by atoms with Crippen molar-refractivity contribution in [3.63, 3.8) is 0 Å². The molecule has 3 rings (SSSR count). The number of hydrogen-bond acceptors (Lipinski definition) is 2. The molecule has 0 aliphatic rings. The van der Waals surface area contributed by atoms with Gasteiger partial charge in [-0.3, -0.25) is 4.68 Å². The molecule has 0 aliphatic carbocycles. The molecule has 0 saturated carbocycles. The first kappa shape index (κ1) is 12.9. The van der Waals surface area contributed by atoms with Crippen LogP contribution in [0.5, 0.6) is 0 Å². The summed E-state index contributed by atoms with van der Waals surface area (Å²) in [6, 6.07) is 17.5. The Balaban J connectivity index is 1.75. The third-order valence-electron chi connectivity index (χ3n) is 3.79. The molecule has 20 heavy (non-hydrogen) atoms. The number of benzene rings is 2. The second-order valence-electron chi connectivity index (χ2n) is 5.16. The fourth-order valence-electron chi connectivity index (χ4n) is 2.43. The molecule has 0 aliphatic heterocycles. The zero-order chi connectivity index (χ0) is 13.9. The van der Waals surface area contributed by atoms with Crippen LogP contribution in [0, 0.1) is 0 Å². The van der Waals surface area contributed by atoms with Gasteiger partial charge in [-0.1, -0.05) is 36.4 Å². The predicted molar refractivity (Wildman–Crippen MR) is 82.4 cm³/mol. The van der Waals surface area contributed by atoms with Gasteiger partial charge in [-0.25, -0.2) is 0 Å². The normalized spacial score (nSPS) is 12.7. The Morgan fingerprint density at radius 1 is 1.10 bits per heavy atom. The molecule has 1 heterocycles. The first-order chi connectivity index (χ1) is 9.74. The molecule has 1 aromatic heterocycles. The maximum atomic E-state index is 4.18. The van der Waals surface area contributed by atoms with Crippen molar-refractivity contribution in [3.8, 4) is 0 Å². The van der Waals surface area contributed by atoms with Crippen molar-refractivity contribution in [3.05, 3.63) is 66.0 Å². The number of nitrogens with one attached hydrogen (secondary N) is 1. The van der Waals surface area contributed by atoms with Crippen molar-refractivity contribution < 1.29 is 0 Å². The van der Waals surface area contributed by atoms with Gasteiger partial charge in [0.2, 0.25) is 0 Å². The Hall–Kier alpha value is -2.13. The van der Waals surface area contributed by atoms with Crippen LogP contribution in [0.2, 0.25) is 0 Å². The molecule has 0 saturated heterocycles. The van der Waals surface area contributed by atoms with Gasteiger partial charge >= 0.3 is 0 Å². The minimum Gasteiger partial charge on any atom is -0.305 e. The predicted octanol–water partition coefficient (Wildman–Crippen LogP) is 3.42. The van der Waals surface area contributed by atoms with Gasteiger partial charge in [-0.05, 0) is 35.4 Å². The Bertz CT molecular complexity index is 715. The zero-order valence-electron chi connectivity index (χ0n) is 11.9. The van der Waals surface area contributed by atoms with Crippen molar-refractivity contribution in [1.82, 2.24) is 15.1 Å². The molecular formula is C17H19N3. The van der Waals surface area contributed by atoms with Crippen LogP contribution in [0.15, 0.2) is 54.7 Å². The molecule has 3 heteroatoms. The third kappa shape index (κ3) is 2.58. The van der Waals surface area contributed by atoms with E-state index in [2.05, 4.69) is 59.8 Å². The first-order valence-electron chi connectivity index (χ1n) is 6.93. The summed E-state index contributed by atoms with van der Waals surface area (Å²) in [5, 5.41) is 10.3. The van der Waals surface area contributed by atoms with Gasteiger partial charge in [0.25, 0.3) is 0 Å². The summed E-state index contributed by atoms with van der Waals surface area (Å²) in [6.07, 6.45) is 1.83. The summed E-state index contributed by atoms with van der Waals surface area (Å²) in [4.78, 5) is 0. The lowest BCUT2D eigenvalue weighted by molar-refractivity contribution is 0.548. The van der Waals surface area contributed by atoms with Crippen molar-refractivity contribution in [2.75, 3.05) is 0 Å². The Kier molecular flexibility index (Phi) is 3.52. The van der Waals surface area contributed by atoms with E-state index in [0.29, 0.717) is 6.04 Å². The number of aryl methyl sites for hydroxylation is 1. The van der Waals surface area contributed by atoms with Crippen LogP contribution in [0.25, 0.3) is 10.8 Å². The maximum Gasteiger partial charge on any atom is 0.0518 e.